The largest absolute Gasteiger partial charge is 0.396 e. The molecule has 5 nitrogen and oxygen atoms in total. The van der Waals surface area contributed by atoms with E-state index in [1.165, 1.54) is 0 Å². The molecule has 5 heteroatoms. The van der Waals surface area contributed by atoms with Gasteiger partial charge in [-0.1, -0.05) is 13.5 Å². The Labute approximate surface area is 101 Å². The molecule has 0 radical (unpaired) electrons. The van der Waals surface area contributed by atoms with Gasteiger partial charge in [0, 0.05) is 11.8 Å². The number of aldehydes is 1. The van der Waals surface area contributed by atoms with Gasteiger partial charge in [-0.2, -0.15) is 0 Å². The first-order valence-electron chi connectivity index (χ1n) is 5.52. The number of ether oxygens (including phenoxy) is 1. The molecule has 0 spiro atoms. The molecule has 0 aliphatic rings. The molecule has 1 unspecified atom stereocenters. The fraction of sp³-hybridized carbons (Fsp3) is 0.667. The van der Waals surface area contributed by atoms with Gasteiger partial charge >= 0.3 is 0 Å². The Morgan fingerprint density at radius 3 is 2.41 bits per heavy atom. The second kappa shape index (κ2) is 8.11. The van der Waals surface area contributed by atoms with Crippen LogP contribution in [0.1, 0.15) is 19.8 Å². The molecule has 0 heterocycles. The van der Waals surface area contributed by atoms with Gasteiger partial charge in [-0.05, 0) is 12.5 Å². The monoisotopic (exact) mass is 244 g/mol. The standard InChI is InChI=1S/C12H20O5/c1-3-10(16)11(5-6-13)17-9-12(4-2,7-14)8-15/h3,6,11,14-15H,1,4-5,7-9H2,2H3. The summed E-state index contributed by atoms with van der Waals surface area (Å²) >= 11 is 0. The van der Waals surface area contributed by atoms with Gasteiger partial charge in [0.1, 0.15) is 12.4 Å². The predicted octanol–water partition coefficient (Wildman–Crippen LogP) is 0.0967. The maximum absolute atomic E-state index is 11.4. The van der Waals surface area contributed by atoms with Crippen LogP contribution in [0.4, 0.5) is 0 Å². The molecule has 17 heavy (non-hydrogen) atoms. The summed E-state index contributed by atoms with van der Waals surface area (Å²) in [4.78, 5) is 21.8. The zero-order valence-corrected chi connectivity index (χ0v) is 10.1. The molecule has 0 aliphatic heterocycles. The zero-order chi connectivity index (χ0) is 13.3. The van der Waals surface area contributed by atoms with Crippen LogP contribution in [0.5, 0.6) is 0 Å². The summed E-state index contributed by atoms with van der Waals surface area (Å²) < 4.78 is 5.30. The van der Waals surface area contributed by atoms with E-state index in [1.807, 2.05) is 0 Å². The molecule has 0 bridgehead atoms. The van der Waals surface area contributed by atoms with Gasteiger partial charge in [-0.15, -0.1) is 0 Å². The Hall–Kier alpha value is -1.04. The smallest absolute Gasteiger partial charge is 0.184 e. The number of carbonyl (C=O) groups is 2. The molecule has 0 saturated heterocycles. The number of ketones is 1. The molecule has 0 aromatic rings. The van der Waals surface area contributed by atoms with Crippen molar-refractivity contribution in [2.24, 2.45) is 5.41 Å². The van der Waals surface area contributed by atoms with Crippen molar-refractivity contribution in [3.05, 3.63) is 12.7 Å². The molecular formula is C12H20O5. The Bertz CT molecular complexity index is 249. The average Bonchev–Trinajstić information content (AvgIpc) is 2.38. The Kier molecular flexibility index (Phi) is 7.61. The molecule has 0 saturated carbocycles. The second-order valence-electron chi connectivity index (χ2n) is 3.98. The van der Waals surface area contributed by atoms with Crippen LogP contribution in [-0.2, 0) is 14.3 Å². The molecule has 0 aromatic carbocycles. The highest BCUT2D eigenvalue weighted by Gasteiger charge is 2.29. The molecular weight excluding hydrogens is 224 g/mol. The zero-order valence-electron chi connectivity index (χ0n) is 10.1. The van der Waals surface area contributed by atoms with Gasteiger partial charge in [0.25, 0.3) is 0 Å². The number of aliphatic hydroxyl groups is 2. The summed E-state index contributed by atoms with van der Waals surface area (Å²) in [6.45, 7) is 4.67. The fourth-order valence-corrected chi connectivity index (χ4v) is 1.23. The number of aliphatic hydroxyl groups excluding tert-OH is 2. The molecule has 98 valence electrons. The van der Waals surface area contributed by atoms with E-state index in [1.54, 1.807) is 6.92 Å². The van der Waals surface area contributed by atoms with Crippen molar-refractivity contribution in [3.63, 3.8) is 0 Å². The van der Waals surface area contributed by atoms with Crippen LogP contribution >= 0.6 is 0 Å². The highest BCUT2D eigenvalue weighted by Crippen LogP contribution is 2.22. The topological polar surface area (TPSA) is 83.8 Å². The van der Waals surface area contributed by atoms with E-state index in [0.717, 1.165) is 6.08 Å². The van der Waals surface area contributed by atoms with Crippen molar-refractivity contribution < 1.29 is 24.5 Å². The average molecular weight is 244 g/mol. The van der Waals surface area contributed by atoms with Gasteiger partial charge in [-0.3, -0.25) is 4.79 Å². The summed E-state index contributed by atoms with van der Waals surface area (Å²) in [7, 11) is 0. The quantitative estimate of drug-likeness (QED) is 0.420. The summed E-state index contributed by atoms with van der Waals surface area (Å²) in [6.07, 6.45) is 1.27. The third-order valence-electron chi connectivity index (χ3n) is 2.84. The van der Waals surface area contributed by atoms with Crippen molar-refractivity contribution in [2.75, 3.05) is 19.8 Å². The van der Waals surface area contributed by atoms with E-state index in [4.69, 9.17) is 4.74 Å². The third-order valence-corrected chi connectivity index (χ3v) is 2.84. The van der Waals surface area contributed by atoms with Gasteiger partial charge in [0.2, 0.25) is 0 Å². The molecule has 0 fully saturated rings. The first kappa shape index (κ1) is 16.0. The maximum atomic E-state index is 11.4. The summed E-state index contributed by atoms with van der Waals surface area (Å²) in [5, 5.41) is 18.4. The number of rotatable bonds is 10. The van der Waals surface area contributed by atoms with Gasteiger partial charge < -0.3 is 19.7 Å². The molecule has 1 atom stereocenters. The van der Waals surface area contributed by atoms with Crippen molar-refractivity contribution >= 4 is 12.1 Å². The predicted molar refractivity (Wildman–Crippen MR) is 62.5 cm³/mol. The molecule has 0 amide bonds. The highest BCUT2D eigenvalue weighted by molar-refractivity contribution is 5.94. The van der Waals surface area contributed by atoms with Crippen LogP contribution in [0.25, 0.3) is 0 Å². The molecule has 0 aliphatic carbocycles. The van der Waals surface area contributed by atoms with Crippen LogP contribution in [-0.4, -0.2) is 48.2 Å². The summed E-state index contributed by atoms with van der Waals surface area (Å²) in [5.74, 6) is -0.377. The lowest BCUT2D eigenvalue weighted by molar-refractivity contribution is -0.133. The number of carbonyl (C=O) groups excluding carboxylic acids is 2. The number of hydrogen-bond donors (Lipinski definition) is 2. The van der Waals surface area contributed by atoms with E-state index in [2.05, 4.69) is 6.58 Å². The highest BCUT2D eigenvalue weighted by atomic mass is 16.5. The van der Waals surface area contributed by atoms with Crippen molar-refractivity contribution in [1.82, 2.24) is 0 Å². The van der Waals surface area contributed by atoms with E-state index >= 15 is 0 Å². The lowest BCUT2D eigenvalue weighted by atomic mass is 9.88. The Balaban J connectivity index is 4.51. The van der Waals surface area contributed by atoms with Crippen LogP contribution in [0.15, 0.2) is 12.7 Å². The molecule has 2 N–H and O–H groups in total. The molecule has 0 aromatic heterocycles. The Morgan fingerprint density at radius 2 is 2.06 bits per heavy atom. The van der Waals surface area contributed by atoms with Crippen molar-refractivity contribution in [1.29, 1.82) is 0 Å². The van der Waals surface area contributed by atoms with Crippen LogP contribution in [0.3, 0.4) is 0 Å². The van der Waals surface area contributed by atoms with Gasteiger partial charge in [-0.25, -0.2) is 0 Å². The van der Waals surface area contributed by atoms with Crippen LogP contribution in [0.2, 0.25) is 0 Å². The lowest BCUT2D eigenvalue weighted by Crippen LogP contribution is -2.37. The van der Waals surface area contributed by atoms with E-state index in [0.29, 0.717) is 12.7 Å². The lowest BCUT2D eigenvalue weighted by Gasteiger charge is -2.29. The van der Waals surface area contributed by atoms with Crippen molar-refractivity contribution in [3.8, 4) is 0 Å². The Morgan fingerprint density at radius 1 is 1.47 bits per heavy atom. The summed E-state index contributed by atoms with van der Waals surface area (Å²) in [6, 6.07) is 0. The fourth-order valence-electron chi connectivity index (χ4n) is 1.23. The molecule has 0 rings (SSSR count). The second-order valence-corrected chi connectivity index (χ2v) is 3.98. The van der Waals surface area contributed by atoms with E-state index in [9.17, 15) is 19.8 Å². The van der Waals surface area contributed by atoms with Crippen LogP contribution in [0, 0.1) is 5.41 Å². The van der Waals surface area contributed by atoms with Gasteiger partial charge in [0.15, 0.2) is 5.78 Å². The van der Waals surface area contributed by atoms with E-state index < -0.39 is 11.5 Å². The minimum atomic E-state index is -0.881. The van der Waals surface area contributed by atoms with Crippen molar-refractivity contribution in [2.45, 2.75) is 25.9 Å². The number of hydrogen-bond acceptors (Lipinski definition) is 5. The SMILES string of the molecule is C=CC(=O)C(CC=O)OCC(CC)(CO)CO. The summed E-state index contributed by atoms with van der Waals surface area (Å²) in [5.41, 5.74) is -0.775. The van der Waals surface area contributed by atoms with Crippen LogP contribution < -0.4 is 0 Å². The first-order chi connectivity index (χ1) is 8.09. The normalized spacial score (nSPS) is 13.1. The minimum absolute atomic E-state index is 0.0224. The maximum Gasteiger partial charge on any atom is 0.184 e. The first-order valence-corrected chi connectivity index (χ1v) is 5.52. The third kappa shape index (κ3) is 4.77. The minimum Gasteiger partial charge on any atom is -0.396 e. The van der Waals surface area contributed by atoms with Gasteiger partial charge in [0.05, 0.1) is 19.8 Å². The van der Waals surface area contributed by atoms with E-state index in [-0.39, 0.29) is 32.0 Å².